The van der Waals surface area contributed by atoms with Crippen LogP contribution in [0.25, 0.3) is 0 Å². The quantitative estimate of drug-likeness (QED) is 0.791. The standard InChI is InChI=1S/C18H22FNS/c1-5-20-18(15-8-6-7-9-16(15)21-4)17-12(2)10-14(19)11-13(17)3/h6-11,18,20H,5H2,1-4H3. The predicted octanol–water partition coefficient (Wildman–Crippen LogP) is 4.86. The second-order valence-corrected chi connectivity index (χ2v) is 6.03. The molecule has 21 heavy (non-hydrogen) atoms. The Kier molecular flexibility index (Phi) is 5.43. The van der Waals surface area contributed by atoms with Crippen molar-refractivity contribution in [3.63, 3.8) is 0 Å². The van der Waals surface area contributed by atoms with Gasteiger partial charge in [-0.15, -0.1) is 11.8 Å². The average molecular weight is 303 g/mol. The normalized spacial score (nSPS) is 12.4. The number of hydrogen-bond donors (Lipinski definition) is 1. The van der Waals surface area contributed by atoms with Crippen molar-refractivity contribution in [2.24, 2.45) is 0 Å². The summed E-state index contributed by atoms with van der Waals surface area (Å²) in [6.45, 7) is 6.93. The van der Waals surface area contributed by atoms with Gasteiger partial charge in [-0.05, 0) is 67.1 Å². The molecule has 3 heteroatoms. The zero-order valence-corrected chi connectivity index (χ0v) is 13.9. The van der Waals surface area contributed by atoms with Gasteiger partial charge in [-0.2, -0.15) is 0 Å². The smallest absolute Gasteiger partial charge is 0.123 e. The molecule has 1 unspecified atom stereocenters. The van der Waals surface area contributed by atoms with Gasteiger partial charge in [0.15, 0.2) is 0 Å². The fourth-order valence-corrected chi connectivity index (χ4v) is 3.49. The van der Waals surface area contributed by atoms with Crippen LogP contribution in [-0.2, 0) is 0 Å². The van der Waals surface area contributed by atoms with Crippen LogP contribution >= 0.6 is 11.8 Å². The fourth-order valence-electron chi connectivity index (χ4n) is 2.85. The second kappa shape index (κ2) is 7.10. The van der Waals surface area contributed by atoms with Gasteiger partial charge >= 0.3 is 0 Å². The Bertz CT molecular complexity index is 601. The van der Waals surface area contributed by atoms with Crippen LogP contribution in [0.5, 0.6) is 0 Å². The van der Waals surface area contributed by atoms with E-state index in [1.807, 2.05) is 13.8 Å². The van der Waals surface area contributed by atoms with E-state index in [9.17, 15) is 4.39 Å². The molecule has 0 amide bonds. The zero-order chi connectivity index (χ0) is 15.4. The van der Waals surface area contributed by atoms with Crippen molar-refractivity contribution in [2.45, 2.75) is 31.7 Å². The van der Waals surface area contributed by atoms with Crippen molar-refractivity contribution in [2.75, 3.05) is 12.8 Å². The molecule has 0 aliphatic carbocycles. The van der Waals surface area contributed by atoms with Crippen LogP contribution in [0.2, 0.25) is 0 Å². The summed E-state index contributed by atoms with van der Waals surface area (Å²) in [7, 11) is 0. The zero-order valence-electron chi connectivity index (χ0n) is 13.0. The SMILES string of the molecule is CCNC(c1ccccc1SC)c1c(C)cc(F)cc1C. The van der Waals surface area contributed by atoms with E-state index in [0.29, 0.717) is 0 Å². The molecule has 0 saturated heterocycles. The molecule has 1 nitrogen and oxygen atoms in total. The van der Waals surface area contributed by atoms with E-state index in [4.69, 9.17) is 0 Å². The van der Waals surface area contributed by atoms with Gasteiger partial charge in [0.25, 0.3) is 0 Å². The molecule has 2 aromatic rings. The molecule has 0 aliphatic heterocycles. The van der Waals surface area contributed by atoms with Crippen molar-refractivity contribution >= 4 is 11.8 Å². The maximum atomic E-state index is 13.6. The Morgan fingerprint density at radius 2 is 1.76 bits per heavy atom. The lowest BCUT2D eigenvalue weighted by Crippen LogP contribution is -2.24. The first-order valence-electron chi connectivity index (χ1n) is 7.21. The number of halogens is 1. The third kappa shape index (κ3) is 3.47. The molecule has 0 bridgehead atoms. The van der Waals surface area contributed by atoms with E-state index in [2.05, 4.69) is 42.8 Å². The first-order chi connectivity index (χ1) is 10.1. The Hall–Kier alpha value is -1.32. The minimum Gasteiger partial charge on any atom is -0.306 e. The van der Waals surface area contributed by atoms with Crippen molar-refractivity contribution in [1.82, 2.24) is 5.32 Å². The molecule has 2 aromatic carbocycles. The van der Waals surface area contributed by atoms with Gasteiger partial charge in [0.1, 0.15) is 5.82 Å². The molecular formula is C18H22FNS. The minimum absolute atomic E-state index is 0.0965. The van der Waals surface area contributed by atoms with Gasteiger partial charge in [-0.3, -0.25) is 0 Å². The highest BCUT2D eigenvalue weighted by Crippen LogP contribution is 2.33. The third-order valence-corrected chi connectivity index (χ3v) is 4.52. The number of hydrogen-bond acceptors (Lipinski definition) is 2. The van der Waals surface area contributed by atoms with Crippen LogP contribution in [0.1, 0.15) is 35.2 Å². The van der Waals surface area contributed by atoms with E-state index < -0.39 is 0 Å². The molecule has 0 heterocycles. The maximum Gasteiger partial charge on any atom is 0.123 e. The summed E-state index contributed by atoms with van der Waals surface area (Å²) in [5, 5.41) is 3.56. The van der Waals surface area contributed by atoms with Gasteiger partial charge < -0.3 is 5.32 Å². The fraction of sp³-hybridized carbons (Fsp3) is 0.333. The lowest BCUT2D eigenvalue weighted by molar-refractivity contribution is 0.601. The molecule has 0 fully saturated rings. The summed E-state index contributed by atoms with van der Waals surface area (Å²) in [6, 6.07) is 11.7. The van der Waals surface area contributed by atoms with Gasteiger partial charge in [-0.25, -0.2) is 4.39 Å². The van der Waals surface area contributed by atoms with Crippen LogP contribution in [0.3, 0.4) is 0 Å². The molecule has 1 atom stereocenters. The van der Waals surface area contributed by atoms with Crippen LogP contribution in [0.15, 0.2) is 41.3 Å². The molecule has 0 spiro atoms. The summed E-state index contributed by atoms with van der Waals surface area (Å²) in [6.07, 6.45) is 2.09. The summed E-state index contributed by atoms with van der Waals surface area (Å²) >= 11 is 1.75. The molecule has 0 radical (unpaired) electrons. The molecular weight excluding hydrogens is 281 g/mol. The lowest BCUT2D eigenvalue weighted by atomic mass is 9.91. The van der Waals surface area contributed by atoms with Gasteiger partial charge in [0.2, 0.25) is 0 Å². The predicted molar refractivity (Wildman–Crippen MR) is 89.6 cm³/mol. The third-order valence-electron chi connectivity index (χ3n) is 3.71. The molecule has 2 rings (SSSR count). The highest BCUT2D eigenvalue weighted by atomic mass is 32.2. The van der Waals surface area contributed by atoms with Crippen molar-refractivity contribution in [3.05, 3.63) is 64.5 Å². The first kappa shape index (κ1) is 16.1. The molecule has 0 aliphatic rings. The minimum atomic E-state index is -0.165. The molecule has 112 valence electrons. The Morgan fingerprint density at radius 1 is 1.14 bits per heavy atom. The Morgan fingerprint density at radius 3 is 2.33 bits per heavy atom. The summed E-state index contributed by atoms with van der Waals surface area (Å²) in [5.41, 5.74) is 4.42. The Labute approximate surface area is 131 Å². The molecule has 1 N–H and O–H groups in total. The summed E-state index contributed by atoms with van der Waals surface area (Å²) in [4.78, 5) is 1.26. The van der Waals surface area contributed by atoms with Crippen LogP contribution in [-0.4, -0.2) is 12.8 Å². The number of rotatable bonds is 5. The highest BCUT2D eigenvalue weighted by molar-refractivity contribution is 7.98. The highest BCUT2D eigenvalue weighted by Gasteiger charge is 2.20. The second-order valence-electron chi connectivity index (χ2n) is 5.19. The first-order valence-corrected chi connectivity index (χ1v) is 8.43. The van der Waals surface area contributed by atoms with Crippen molar-refractivity contribution in [1.29, 1.82) is 0 Å². The van der Waals surface area contributed by atoms with E-state index in [0.717, 1.165) is 17.7 Å². The van der Waals surface area contributed by atoms with E-state index in [1.54, 1.807) is 23.9 Å². The number of nitrogens with one attached hydrogen (secondary N) is 1. The number of aryl methyl sites for hydroxylation is 2. The lowest BCUT2D eigenvalue weighted by Gasteiger charge is -2.25. The largest absolute Gasteiger partial charge is 0.306 e. The van der Waals surface area contributed by atoms with Crippen LogP contribution in [0.4, 0.5) is 4.39 Å². The number of benzene rings is 2. The average Bonchev–Trinajstić information content (AvgIpc) is 2.45. The van der Waals surface area contributed by atoms with Crippen molar-refractivity contribution < 1.29 is 4.39 Å². The number of thioether (sulfide) groups is 1. The van der Waals surface area contributed by atoms with Gasteiger partial charge in [0.05, 0.1) is 6.04 Å². The van der Waals surface area contributed by atoms with Crippen LogP contribution < -0.4 is 5.32 Å². The van der Waals surface area contributed by atoms with Crippen molar-refractivity contribution in [3.8, 4) is 0 Å². The summed E-state index contributed by atoms with van der Waals surface area (Å²) < 4.78 is 13.6. The van der Waals surface area contributed by atoms with E-state index in [-0.39, 0.29) is 11.9 Å². The van der Waals surface area contributed by atoms with E-state index in [1.165, 1.54) is 16.0 Å². The molecule has 0 saturated carbocycles. The molecule has 0 aromatic heterocycles. The van der Waals surface area contributed by atoms with Gasteiger partial charge in [0, 0.05) is 4.90 Å². The van der Waals surface area contributed by atoms with Gasteiger partial charge in [-0.1, -0.05) is 25.1 Å². The summed E-state index contributed by atoms with van der Waals surface area (Å²) in [5.74, 6) is -0.165. The topological polar surface area (TPSA) is 12.0 Å². The van der Waals surface area contributed by atoms with E-state index >= 15 is 0 Å². The van der Waals surface area contributed by atoms with Crippen LogP contribution in [0, 0.1) is 19.7 Å². The Balaban J connectivity index is 2.59. The maximum absolute atomic E-state index is 13.6. The monoisotopic (exact) mass is 303 g/mol.